The van der Waals surface area contributed by atoms with Gasteiger partial charge in [0.25, 0.3) is 0 Å². The van der Waals surface area contributed by atoms with Crippen LogP contribution in [0.2, 0.25) is 0 Å². The van der Waals surface area contributed by atoms with Gasteiger partial charge in [-0.1, -0.05) is 6.92 Å². The monoisotopic (exact) mass is 192 g/mol. The molecule has 0 aromatic heterocycles. The van der Waals surface area contributed by atoms with Gasteiger partial charge >= 0.3 is 5.97 Å². The molecule has 0 saturated heterocycles. The number of esters is 1. The van der Waals surface area contributed by atoms with Crippen LogP contribution in [0.3, 0.4) is 0 Å². The van der Waals surface area contributed by atoms with Gasteiger partial charge in [0.2, 0.25) is 0 Å². The van der Waals surface area contributed by atoms with Gasteiger partial charge in [0.05, 0.1) is 18.6 Å². The van der Waals surface area contributed by atoms with Crippen LogP contribution in [0, 0.1) is 5.41 Å². The molecule has 0 aromatic carbocycles. The summed E-state index contributed by atoms with van der Waals surface area (Å²) in [6.07, 6.45) is 0.499. The van der Waals surface area contributed by atoms with Crippen molar-refractivity contribution in [3.63, 3.8) is 0 Å². The molecule has 5 nitrogen and oxygen atoms in total. The number of aliphatic hydroxyl groups excluding tert-OH is 3. The number of aliphatic hydroxyl groups is 3. The Morgan fingerprint density at radius 2 is 1.85 bits per heavy atom. The largest absolute Gasteiger partial charge is 0.463 e. The van der Waals surface area contributed by atoms with Crippen molar-refractivity contribution in [1.29, 1.82) is 0 Å². The summed E-state index contributed by atoms with van der Waals surface area (Å²) in [5.41, 5.74) is -0.787. The fourth-order valence-electron chi connectivity index (χ4n) is 0.746. The zero-order chi connectivity index (χ0) is 10.3. The van der Waals surface area contributed by atoms with Gasteiger partial charge in [-0.15, -0.1) is 0 Å². The van der Waals surface area contributed by atoms with Crippen molar-refractivity contribution in [3.05, 3.63) is 0 Å². The van der Waals surface area contributed by atoms with Gasteiger partial charge in [0, 0.05) is 0 Å². The number of rotatable bonds is 6. The average Bonchev–Trinajstić information content (AvgIpc) is 2.20. The molecule has 0 aliphatic carbocycles. The second-order valence-electron chi connectivity index (χ2n) is 2.99. The molecule has 0 rings (SSSR count). The Hall–Kier alpha value is -0.650. The topological polar surface area (TPSA) is 87.0 Å². The molecule has 0 aliphatic heterocycles. The maximum atomic E-state index is 10.6. The molecule has 0 radical (unpaired) electrons. The number of hydrogen-bond acceptors (Lipinski definition) is 5. The first-order valence-corrected chi connectivity index (χ1v) is 4.12. The van der Waals surface area contributed by atoms with Crippen LogP contribution in [0.5, 0.6) is 0 Å². The Bertz CT molecular complexity index is 144. The van der Waals surface area contributed by atoms with E-state index in [0.717, 1.165) is 0 Å². The summed E-state index contributed by atoms with van der Waals surface area (Å²) in [6.45, 7) is 0.517. The van der Waals surface area contributed by atoms with Crippen molar-refractivity contribution >= 4 is 5.97 Å². The third-order valence-electron chi connectivity index (χ3n) is 2.09. The highest BCUT2D eigenvalue weighted by atomic mass is 16.5. The lowest BCUT2D eigenvalue weighted by Crippen LogP contribution is -2.35. The van der Waals surface area contributed by atoms with E-state index in [2.05, 4.69) is 4.74 Å². The summed E-state index contributed by atoms with van der Waals surface area (Å²) in [5, 5.41) is 26.2. The van der Waals surface area contributed by atoms with Crippen molar-refractivity contribution in [2.75, 3.05) is 26.4 Å². The SMILES string of the molecule is CCC(CO)(CO)COC(=O)CO. The Labute approximate surface area is 77.0 Å². The van der Waals surface area contributed by atoms with Crippen molar-refractivity contribution in [3.8, 4) is 0 Å². The Morgan fingerprint density at radius 1 is 1.31 bits per heavy atom. The lowest BCUT2D eigenvalue weighted by atomic mass is 9.88. The van der Waals surface area contributed by atoms with E-state index in [-0.39, 0.29) is 19.8 Å². The predicted molar refractivity (Wildman–Crippen MR) is 44.9 cm³/mol. The fourth-order valence-corrected chi connectivity index (χ4v) is 0.746. The van der Waals surface area contributed by atoms with E-state index in [1.54, 1.807) is 6.92 Å². The molecule has 5 heteroatoms. The third kappa shape index (κ3) is 3.71. The van der Waals surface area contributed by atoms with E-state index in [9.17, 15) is 4.79 Å². The molecule has 0 unspecified atom stereocenters. The van der Waals surface area contributed by atoms with E-state index >= 15 is 0 Å². The summed E-state index contributed by atoms with van der Waals surface area (Å²) in [7, 11) is 0. The van der Waals surface area contributed by atoms with Crippen LogP contribution in [0.25, 0.3) is 0 Å². The smallest absolute Gasteiger partial charge is 0.331 e. The maximum absolute atomic E-state index is 10.6. The summed E-state index contributed by atoms with van der Waals surface area (Å²) >= 11 is 0. The zero-order valence-electron chi connectivity index (χ0n) is 7.69. The molecule has 0 aliphatic rings. The van der Waals surface area contributed by atoms with Crippen LogP contribution in [0.4, 0.5) is 0 Å². The molecular weight excluding hydrogens is 176 g/mol. The highest BCUT2D eigenvalue weighted by Gasteiger charge is 2.28. The van der Waals surface area contributed by atoms with Crippen LogP contribution in [0.15, 0.2) is 0 Å². The second-order valence-corrected chi connectivity index (χ2v) is 2.99. The lowest BCUT2D eigenvalue weighted by Gasteiger charge is -2.27. The number of carbonyl (C=O) groups excluding carboxylic acids is 1. The molecular formula is C8H16O5. The molecule has 3 N–H and O–H groups in total. The highest BCUT2D eigenvalue weighted by Crippen LogP contribution is 2.20. The summed E-state index contributed by atoms with van der Waals surface area (Å²) in [6, 6.07) is 0. The Morgan fingerprint density at radius 3 is 2.15 bits per heavy atom. The Kier molecular flexibility index (Phi) is 5.61. The van der Waals surface area contributed by atoms with Crippen LogP contribution in [-0.2, 0) is 9.53 Å². The molecule has 0 amide bonds. The summed E-state index contributed by atoms with van der Waals surface area (Å²) < 4.78 is 4.62. The van der Waals surface area contributed by atoms with Crippen molar-refractivity contribution < 1.29 is 24.9 Å². The van der Waals surface area contributed by atoms with Gasteiger partial charge in [-0.3, -0.25) is 0 Å². The standard InChI is InChI=1S/C8H16O5/c1-2-8(4-10,5-11)6-13-7(12)3-9/h9-11H,2-6H2,1H3. The van der Waals surface area contributed by atoms with Crippen molar-refractivity contribution in [2.45, 2.75) is 13.3 Å². The van der Waals surface area contributed by atoms with Gasteiger partial charge in [-0.05, 0) is 6.42 Å². The van der Waals surface area contributed by atoms with Gasteiger partial charge in [-0.2, -0.15) is 0 Å². The molecule has 0 spiro atoms. The van der Waals surface area contributed by atoms with E-state index < -0.39 is 18.0 Å². The molecule has 78 valence electrons. The van der Waals surface area contributed by atoms with Gasteiger partial charge in [0.15, 0.2) is 0 Å². The quantitative estimate of drug-likeness (QED) is 0.465. The first-order chi connectivity index (χ1) is 6.14. The first-order valence-electron chi connectivity index (χ1n) is 4.12. The van der Waals surface area contributed by atoms with Crippen molar-refractivity contribution in [1.82, 2.24) is 0 Å². The minimum atomic E-state index is -0.787. The Balaban J connectivity index is 4.02. The van der Waals surface area contributed by atoms with E-state index in [1.165, 1.54) is 0 Å². The second kappa shape index (κ2) is 5.90. The molecule has 0 saturated carbocycles. The summed E-state index contributed by atoms with van der Waals surface area (Å²) in [4.78, 5) is 10.6. The molecule has 0 fully saturated rings. The first kappa shape index (κ1) is 12.3. The van der Waals surface area contributed by atoms with Crippen LogP contribution in [0.1, 0.15) is 13.3 Å². The molecule has 13 heavy (non-hydrogen) atoms. The average molecular weight is 192 g/mol. The number of hydrogen-bond donors (Lipinski definition) is 3. The van der Waals surface area contributed by atoms with Gasteiger partial charge in [0.1, 0.15) is 13.2 Å². The molecule has 0 heterocycles. The van der Waals surface area contributed by atoms with E-state index in [0.29, 0.717) is 6.42 Å². The van der Waals surface area contributed by atoms with E-state index in [4.69, 9.17) is 15.3 Å². The molecule has 0 atom stereocenters. The van der Waals surface area contributed by atoms with Gasteiger partial charge in [-0.25, -0.2) is 4.79 Å². The lowest BCUT2D eigenvalue weighted by molar-refractivity contribution is -0.153. The minimum absolute atomic E-state index is 0.0735. The predicted octanol–water partition coefficient (Wildman–Crippen LogP) is -1.10. The number of ether oxygens (including phenoxy) is 1. The van der Waals surface area contributed by atoms with E-state index in [1.807, 2.05) is 0 Å². The van der Waals surface area contributed by atoms with Crippen molar-refractivity contribution in [2.24, 2.45) is 5.41 Å². The third-order valence-corrected chi connectivity index (χ3v) is 2.09. The van der Waals surface area contributed by atoms with Crippen LogP contribution < -0.4 is 0 Å². The van der Waals surface area contributed by atoms with Gasteiger partial charge < -0.3 is 20.1 Å². The normalized spacial score (nSPS) is 11.4. The molecule has 0 bridgehead atoms. The fraction of sp³-hybridized carbons (Fsp3) is 0.875. The highest BCUT2D eigenvalue weighted by molar-refractivity contribution is 5.70. The minimum Gasteiger partial charge on any atom is -0.463 e. The number of carbonyl (C=O) groups is 1. The molecule has 0 aromatic rings. The maximum Gasteiger partial charge on any atom is 0.331 e. The van der Waals surface area contributed by atoms with Crippen LogP contribution >= 0.6 is 0 Å². The summed E-state index contributed by atoms with van der Waals surface area (Å²) in [5.74, 6) is -0.750. The van der Waals surface area contributed by atoms with Crippen LogP contribution in [-0.4, -0.2) is 47.7 Å². The zero-order valence-corrected chi connectivity index (χ0v) is 7.69.